The van der Waals surface area contributed by atoms with E-state index in [0.717, 1.165) is 17.7 Å². The lowest BCUT2D eigenvalue weighted by molar-refractivity contribution is -0.0872. The molecule has 2 heterocycles. The number of hydrogen-bond donors (Lipinski definition) is 1. The fourth-order valence-electron chi connectivity index (χ4n) is 2.81. The number of nitrogens with zero attached hydrogens (tertiary/aromatic N) is 3. The number of urea groups is 1. The summed E-state index contributed by atoms with van der Waals surface area (Å²) in [7, 11) is 0. The fraction of sp³-hybridized carbons (Fsp3) is 0.444. The maximum absolute atomic E-state index is 12.4. The van der Waals surface area contributed by atoms with Crippen molar-refractivity contribution in [1.82, 2.24) is 19.8 Å². The Morgan fingerprint density at radius 1 is 1.38 bits per heavy atom. The number of morpholine rings is 1. The number of rotatable bonds is 4. The topological polar surface area (TPSA) is 59.4 Å². The SMILES string of the molecule is CC[C@@]1(C)CN(C(=O)NCc2ccc(-n3ccnc3)cc2)CCO1. The molecule has 0 unspecified atom stereocenters. The summed E-state index contributed by atoms with van der Waals surface area (Å²) in [5, 5.41) is 3.00. The third kappa shape index (κ3) is 3.76. The second-order valence-electron chi connectivity index (χ2n) is 6.37. The zero-order valence-electron chi connectivity index (χ0n) is 14.2. The van der Waals surface area contributed by atoms with Crippen molar-refractivity contribution in [1.29, 1.82) is 0 Å². The molecule has 6 heteroatoms. The van der Waals surface area contributed by atoms with Crippen molar-refractivity contribution in [2.45, 2.75) is 32.4 Å². The normalized spacial score (nSPS) is 20.8. The Kier molecular flexibility index (Phi) is 4.85. The molecule has 24 heavy (non-hydrogen) atoms. The molecule has 128 valence electrons. The molecule has 3 rings (SSSR count). The monoisotopic (exact) mass is 328 g/mol. The molecule has 2 aromatic rings. The minimum atomic E-state index is -0.234. The van der Waals surface area contributed by atoms with E-state index in [0.29, 0.717) is 26.2 Å². The van der Waals surface area contributed by atoms with Crippen LogP contribution in [0.3, 0.4) is 0 Å². The van der Waals surface area contributed by atoms with Gasteiger partial charge < -0.3 is 19.5 Å². The number of hydrogen-bond acceptors (Lipinski definition) is 3. The average molecular weight is 328 g/mol. The Balaban J connectivity index is 1.54. The van der Waals surface area contributed by atoms with Gasteiger partial charge in [0, 0.05) is 31.2 Å². The van der Waals surface area contributed by atoms with Crippen LogP contribution in [0.2, 0.25) is 0 Å². The quantitative estimate of drug-likeness (QED) is 0.938. The van der Waals surface area contributed by atoms with Gasteiger partial charge in [0.2, 0.25) is 0 Å². The molecule has 0 radical (unpaired) electrons. The van der Waals surface area contributed by atoms with Gasteiger partial charge in [0.15, 0.2) is 0 Å². The van der Waals surface area contributed by atoms with E-state index in [4.69, 9.17) is 4.74 Å². The molecule has 1 aromatic carbocycles. The van der Waals surface area contributed by atoms with E-state index >= 15 is 0 Å². The van der Waals surface area contributed by atoms with E-state index in [1.807, 2.05) is 39.9 Å². The maximum Gasteiger partial charge on any atom is 0.317 e. The van der Waals surface area contributed by atoms with Crippen LogP contribution in [0, 0.1) is 0 Å². The highest BCUT2D eigenvalue weighted by atomic mass is 16.5. The molecule has 1 atom stereocenters. The molecule has 0 aliphatic carbocycles. The number of carbonyl (C=O) groups excluding carboxylic acids is 1. The van der Waals surface area contributed by atoms with Crippen LogP contribution in [0.5, 0.6) is 0 Å². The minimum Gasteiger partial charge on any atom is -0.372 e. The van der Waals surface area contributed by atoms with Crippen LogP contribution in [0.4, 0.5) is 4.79 Å². The van der Waals surface area contributed by atoms with E-state index in [9.17, 15) is 4.79 Å². The molecule has 1 saturated heterocycles. The Morgan fingerprint density at radius 3 is 2.83 bits per heavy atom. The Morgan fingerprint density at radius 2 is 2.17 bits per heavy atom. The summed E-state index contributed by atoms with van der Waals surface area (Å²) in [6.07, 6.45) is 6.31. The van der Waals surface area contributed by atoms with Crippen LogP contribution in [-0.2, 0) is 11.3 Å². The second kappa shape index (κ2) is 7.05. The Hall–Kier alpha value is -2.34. The molecular formula is C18H24N4O2. The van der Waals surface area contributed by atoms with Gasteiger partial charge in [-0.3, -0.25) is 0 Å². The van der Waals surface area contributed by atoms with E-state index in [1.165, 1.54) is 0 Å². The molecule has 1 aliphatic heterocycles. The van der Waals surface area contributed by atoms with Gasteiger partial charge >= 0.3 is 6.03 Å². The van der Waals surface area contributed by atoms with Crippen molar-refractivity contribution in [2.75, 3.05) is 19.7 Å². The zero-order valence-corrected chi connectivity index (χ0v) is 14.2. The van der Waals surface area contributed by atoms with E-state index < -0.39 is 0 Å². The number of amides is 2. The summed E-state index contributed by atoms with van der Waals surface area (Å²) >= 11 is 0. The third-order valence-corrected chi connectivity index (χ3v) is 4.55. The van der Waals surface area contributed by atoms with Gasteiger partial charge in [-0.1, -0.05) is 19.1 Å². The highest BCUT2D eigenvalue weighted by Crippen LogP contribution is 2.21. The summed E-state index contributed by atoms with van der Waals surface area (Å²) in [5.41, 5.74) is 1.88. The summed E-state index contributed by atoms with van der Waals surface area (Å²) in [6, 6.07) is 8.05. The third-order valence-electron chi connectivity index (χ3n) is 4.55. The molecule has 0 spiro atoms. The molecule has 6 nitrogen and oxygen atoms in total. The van der Waals surface area contributed by atoms with Crippen molar-refractivity contribution in [3.8, 4) is 5.69 Å². The first-order valence-electron chi connectivity index (χ1n) is 8.34. The maximum atomic E-state index is 12.4. The molecule has 0 saturated carbocycles. The molecule has 2 amide bonds. The van der Waals surface area contributed by atoms with Gasteiger partial charge in [-0.2, -0.15) is 0 Å². The van der Waals surface area contributed by atoms with Crippen LogP contribution in [0.15, 0.2) is 43.0 Å². The second-order valence-corrected chi connectivity index (χ2v) is 6.37. The van der Waals surface area contributed by atoms with Gasteiger partial charge in [0.25, 0.3) is 0 Å². The Bertz CT molecular complexity index is 669. The lowest BCUT2D eigenvalue weighted by Gasteiger charge is -2.39. The molecule has 1 N–H and O–H groups in total. The van der Waals surface area contributed by atoms with E-state index in [1.54, 1.807) is 12.5 Å². The van der Waals surface area contributed by atoms with Gasteiger partial charge in [0.1, 0.15) is 0 Å². The molecular weight excluding hydrogens is 304 g/mol. The Labute approximate surface area is 142 Å². The summed E-state index contributed by atoms with van der Waals surface area (Å²) in [5.74, 6) is 0. The fourth-order valence-corrected chi connectivity index (χ4v) is 2.81. The number of nitrogens with one attached hydrogen (secondary N) is 1. The van der Waals surface area contributed by atoms with E-state index in [2.05, 4.69) is 24.1 Å². The van der Waals surface area contributed by atoms with Crippen LogP contribution in [0.1, 0.15) is 25.8 Å². The number of ether oxygens (including phenoxy) is 1. The van der Waals surface area contributed by atoms with Gasteiger partial charge in [-0.05, 0) is 31.0 Å². The molecule has 1 fully saturated rings. The van der Waals surface area contributed by atoms with Crippen LogP contribution < -0.4 is 5.32 Å². The molecule has 1 aromatic heterocycles. The van der Waals surface area contributed by atoms with Crippen LogP contribution in [-0.4, -0.2) is 45.8 Å². The lowest BCUT2D eigenvalue weighted by atomic mass is 10.0. The smallest absolute Gasteiger partial charge is 0.317 e. The number of aromatic nitrogens is 2. The predicted octanol–water partition coefficient (Wildman–Crippen LogP) is 2.58. The first-order valence-corrected chi connectivity index (χ1v) is 8.34. The highest BCUT2D eigenvalue weighted by molar-refractivity contribution is 5.74. The van der Waals surface area contributed by atoms with Gasteiger partial charge in [-0.15, -0.1) is 0 Å². The summed E-state index contributed by atoms with van der Waals surface area (Å²) in [6.45, 7) is 6.53. The van der Waals surface area contributed by atoms with E-state index in [-0.39, 0.29) is 11.6 Å². The molecule has 0 bridgehead atoms. The first kappa shape index (κ1) is 16.5. The number of imidazole rings is 1. The van der Waals surface area contributed by atoms with Crippen molar-refractivity contribution >= 4 is 6.03 Å². The average Bonchev–Trinajstić information content (AvgIpc) is 3.15. The standard InChI is InChI=1S/C18H24N4O2/c1-3-18(2)13-21(10-11-24-18)17(23)20-12-15-4-6-16(7-5-15)22-9-8-19-14-22/h4-9,14H,3,10-13H2,1-2H3,(H,20,23)/t18-/m0/s1. The predicted molar refractivity (Wildman–Crippen MR) is 92.0 cm³/mol. The highest BCUT2D eigenvalue weighted by Gasteiger charge is 2.32. The summed E-state index contributed by atoms with van der Waals surface area (Å²) < 4.78 is 7.72. The van der Waals surface area contributed by atoms with Crippen LogP contribution >= 0.6 is 0 Å². The summed E-state index contributed by atoms with van der Waals surface area (Å²) in [4.78, 5) is 18.3. The van der Waals surface area contributed by atoms with Crippen LogP contribution in [0.25, 0.3) is 5.69 Å². The van der Waals surface area contributed by atoms with Crippen molar-refractivity contribution in [3.63, 3.8) is 0 Å². The number of benzene rings is 1. The zero-order chi connectivity index (χ0) is 17.0. The van der Waals surface area contributed by atoms with Gasteiger partial charge in [-0.25, -0.2) is 9.78 Å². The van der Waals surface area contributed by atoms with Gasteiger partial charge in [0.05, 0.1) is 25.1 Å². The largest absolute Gasteiger partial charge is 0.372 e. The van der Waals surface area contributed by atoms with Crippen molar-refractivity contribution < 1.29 is 9.53 Å². The minimum absolute atomic E-state index is 0.0309. The van der Waals surface area contributed by atoms with Crippen molar-refractivity contribution in [3.05, 3.63) is 48.5 Å². The first-order chi connectivity index (χ1) is 11.6. The molecule has 1 aliphatic rings. The van der Waals surface area contributed by atoms with Crippen molar-refractivity contribution in [2.24, 2.45) is 0 Å². The number of carbonyl (C=O) groups is 1. The lowest BCUT2D eigenvalue weighted by Crippen LogP contribution is -2.54.